The number of halogens is 1. The third-order valence-corrected chi connectivity index (χ3v) is 4.48. The van der Waals surface area contributed by atoms with Gasteiger partial charge in [-0.15, -0.1) is 0 Å². The maximum atomic E-state index is 12.7. The van der Waals surface area contributed by atoms with Gasteiger partial charge in [0.15, 0.2) is 18.1 Å². The van der Waals surface area contributed by atoms with Crippen molar-refractivity contribution in [1.82, 2.24) is 0 Å². The van der Waals surface area contributed by atoms with Crippen LogP contribution in [0.25, 0.3) is 0 Å². The highest BCUT2D eigenvalue weighted by atomic mass is 79.9. The zero-order valence-corrected chi connectivity index (χ0v) is 17.5. The van der Waals surface area contributed by atoms with Gasteiger partial charge in [0.1, 0.15) is 17.4 Å². The summed E-state index contributed by atoms with van der Waals surface area (Å²) in [6.45, 7) is 2.61. The van der Waals surface area contributed by atoms with Crippen molar-refractivity contribution < 1.29 is 33.6 Å². The first kappa shape index (κ1) is 22.1. The quantitative estimate of drug-likeness (QED) is 0.579. The number of hydrogen-bond acceptors (Lipinski definition) is 8. The van der Waals surface area contributed by atoms with Crippen LogP contribution in [0.1, 0.15) is 25.3 Å². The van der Waals surface area contributed by atoms with E-state index in [0.29, 0.717) is 10.0 Å². The fourth-order valence-corrected chi connectivity index (χ4v) is 3.36. The molecule has 0 fully saturated rings. The highest BCUT2D eigenvalue weighted by Crippen LogP contribution is 2.47. The van der Waals surface area contributed by atoms with Crippen molar-refractivity contribution >= 4 is 27.9 Å². The van der Waals surface area contributed by atoms with E-state index in [9.17, 15) is 14.9 Å². The molecule has 0 amide bonds. The summed E-state index contributed by atoms with van der Waals surface area (Å²) in [6, 6.07) is 5.12. The van der Waals surface area contributed by atoms with Crippen LogP contribution in [-0.2, 0) is 19.1 Å². The number of methoxy groups -OCH3 is 1. The smallest absolute Gasteiger partial charge is 0.341 e. The number of carbonyl (C=O) groups is 2. The lowest BCUT2D eigenvalue weighted by atomic mass is 9.82. The van der Waals surface area contributed by atoms with Gasteiger partial charge in [-0.3, -0.25) is 0 Å². The van der Waals surface area contributed by atoms with Gasteiger partial charge in [-0.25, -0.2) is 9.59 Å². The second-order valence-electron chi connectivity index (χ2n) is 5.82. The molecule has 2 rings (SSSR count). The molecule has 9 nitrogen and oxygen atoms in total. The van der Waals surface area contributed by atoms with Crippen molar-refractivity contribution in [2.45, 2.75) is 19.8 Å². The zero-order valence-electron chi connectivity index (χ0n) is 15.9. The SMILES string of the molecule is CCOC(=O)C1=C(C)OC(N)=C(C#N)C1c1cc(Br)cc(OC)c1OCC(=O)O. The van der Waals surface area contributed by atoms with Crippen LogP contribution in [0, 0.1) is 11.3 Å². The van der Waals surface area contributed by atoms with Crippen LogP contribution in [0.4, 0.5) is 0 Å². The normalized spacial score (nSPS) is 16.0. The summed E-state index contributed by atoms with van der Waals surface area (Å²) in [5.74, 6) is -2.67. The monoisotopic (exact) mass is 466 g/mol. The van der Waals surface area contributed by atoms with Crippen molar-refractivity contribution in [3.05, 3.63) is 45.0 Å². The van der Waals surface area contributed by atoms with E-state index in [1.54, 1.807) is 19.1 Å². The van der Waals surface area contributed by atoms with Crippen LogP contribution < -0.4 is 15.2 Å². The lowest BCUT2D eigenvalue weighted by Crippen LogP contribution is -2.26. The Hall–Kier alpha value is -3.19. The summed E-state index contributed by atoms with van der Waals surface area (Å²) in [5.41, 5.74) is 6.20. The molecule has 1 aliphatic heterocycles. The Kier molecular flexibility index (Phi) is 7.12. The molecule has 0 bridgehead atoms. The molecule has 1 heterocycles. The Labute approximate surface area is 175 Å². The van der Waals surface area contributed by atoms with Crippen LogP contribution >= 0.6 is 15.9 Å². The summed E-state index contributed by atoms with van der Waals surface area (Å²) in [6.07, 6.45) is 0. The van der Waals surface area contributed by atoms with Gasteiger partial charge in [-0.2, -0.15) is 5.26 Å². The molecule has 10 heteroatoms. The van der Waals surface area contributed by atoms with E-state index in [4.69, 9.17) is 29.8 Å². The fraction of sp³-hybridized carbons (Fsp3) is 0.316. The molecule has 29 heavy (non-hydrogen) atoms. The maximum absolute atomic E-state index is 12.7. The number of ether oxygens (including phenoxy) is 4. The van der Waals surface area contributed by atoms with Crippen molar-refractivity contribution in [2.75, 3.05) is 20.3 Å². The van der Waals surface area contributed by atoms with Crippen molar-refractivity contribution in [3.63, 3.8) is 0 Å². The van der Waals surface area contributed by atoms with E-state index in [0.717, 1.165) is 0 Å². The summed E-state index contributed by atoms with van der Waals surface area (Å²) in [5, 5.41) is 18.7. The molecule has 1 aliphatic rings. The number of nitriles is 1. The molecule has 0 aliphatic carbocycles. The standard InChI is InChI=1S/C19H19BrN2O7/c1-4-27-19(25)15-9(2)29-18(22)12(7-21)16(15)11-5-10(20)6-13(26-3)17(11)28-8-14(23)24/h5-6,16H,4,8,22H2,1-3H3,(H,23,24). The highest BCUT2D eigenvalue weighted by molar-refractivity contribution is 9.10. The molecule has 0 spiro atoms. The number of carboxylic acids is 1. The van der Waals surface area contributed by atoms with Gasteiger partial charge in [0, 0.05) is 10.0 Å². The minimum atomic E-state index is -1.21. The number of carbonyl (C=O) groups excluding carboxylic acids is 1. The van der Waals surface area contributed by atoms with Gasteiger partial charge >= 0.3 is 11.9 Å². The molecule has 1 aromatic rings. The third kappa shape index (κ3) is 4.63. The Bertz CT molecular complexity index is 947. The van der Waals surface area contributed by atoms with E-state index in [1.165, 1.54) is 14.0 Å². The average molecular weight is 467 g/mol. The second-order valence-corrected chi connectivity index (χ2v) is 6.74. The van der Waals surface area contributed by atoms with Crippen LogP contribution in [0.5, 0.6) is 11.5 Å². The first-order chi connectivity index (χ1) is 13.7. The Morgan fingerprint density at radius 1 is 1.41 bits per heavy atom. The molecule has 154 valence electrons. The maximum Gasteiger partial charge on any atom is 0.341 e. The molecule has 1 unspecified atom stereocenters. The largest absolute Gasteiger partial charge is 0.493 e. The van der Waals surface area contributed by atoms with Gasteiger partial charge < -0.3 is 29.8 Å². The van der Waals surface area contributed by atoms with E-state index in [1.807, 2.05) is 6.07 Å². The summed E-state index contributed by atoms with van der Waals surface area (Å²) in [7, 11) is 1.38. The first-order valence-electron chi connectivity index (χ1n) is 8.42. The van der Waals surface area contributed by atoms with E-state index in [2.05, 4.69) is 15.9 Å². The van der Waals surface area contributed by atoms with E-state index >= 15 is 0 Å². The predicted molar refractivity (Wildman–Crippen MR) is 104 cm³/mol. The minimum absolute atomic E-state index is 0.0426. The van der Waals surface area contributed by atoms with E-state index < -0.39 is 24.5 Å². The molecule has 3 N–H and O–H groups in total. The molecule has 1 atom stereocenters. The number of nitrogens with zero attached hydrogens (tertiary/aromatic N) is 1. The van der Waals surface area contributed by atoms with Crippen LogP contribution in [0.2, 0.25) is 0 Å². The summed E-state index contributed by atoms with van der Waals surface area (Å²) in [4.78, 5) is 23.7. The molecular weight excluding hydrogens is 448 g/mol. The molecule has 1 aromatic carbocycles. The third-order valence-electron chi connectivity index (χ3n) is 4.02. The number of hydrogen-bond donors (Lipinski definition) is 2. The number of rotatable bonds is 7. The Morgan fingerprint density at radius 3 is 2.66 bits per heavy atom. The van der Waals surface area contributed by atoms with Crippen molar-refractivity contribution in [1.29, 1.82) is 5.26 Å². The van der Waals surface area contributed by atoms with Gasteiger partial charge in [-0.1, -0.05) is 15.9 Å². The van der Waals surface area contributed by atoms with Gasteiger partial charge in [0.25, 0.3) is 0 Å². The number of allylic oxidation sites excluding steroid dienone is 2. The zero-order chi connectivity index (χ0) is 21.7. The van der Waals surface area contributed by atoms with Crippen LogP contribution in [0.3, 0.4) is 0 Å². The van der Waals surface area contributed by atoms with Gasteiger partial charge in [0.2, 0.25) is 5.88 Å². The Balaban J connectivity index is 2.79. The Morgan fingerprint density at radius 2 is 2.10 bits per heavy atom. The lowest BCUT2D eigenvalue weighted by Gasteiger charge is -2.28. The van der Waals surface area contributed by atoms with Crippen LogP contribution in [0.15, 0.2) is 39.4 Å². The van der Waals surface area contributed by atoms with Gasteiger partial charge in [0.05, 0.1) is 25.2 Å². The summed E-state index contributed by atoms with van der Waals surface area (Å²) >= 11 is 3.35. The van der Waals surface area contributed by atoms with Crippen molar-refractivity contribution in [2.24, 2.45) is 5.73 Å². The molecule has 0 saturated heterocycles. The number of aliphatic carboxylic acids is 1. The minimum Gasteiger partial charge on any atom is -0.493 e. The van der Waals surface area contributed by atoms with E-state index in [-0.39, 0.29) is 40.9 Å². The average Bonchev–Trinajstić information content (AvgIpc) is 2.65. The lowest BCUT2D eigenvalue weighted by molar-refractivity contribution is -0.140. The van der Waals surface area contributed by atoms with Crippen LogP contribution in [-0.4, -0.2) is 37.4 Å². The topological polar surface area (TPSA) is 141 Å². The number of esters is 1. The molecule has 0 radical (unpaired) electrons. The number of benzene rings is 1. The first-order valence-corrected chi connectivity index (χ1v) is 9.21. The molecule has 0 saturated carbocycles. The fourth-order valence-electron chi connectivity index (χ4n) is 2.91. The predicted octanol–water partition coefficient (Wildman–Crippen LogP) is 2.57. The molecule has 0 aromatic heterocycles. The second kappa shape index (κ2) is 9.34. The number of nitrogens with two attached hydrogens (primary N) is 1. The molecular formula is C19H19BrN2O7. The van der Waals surface area contributed by atoms with Gasteiger partial charge in [-0.05, 0) is 26.0 Å². The highest BCUT2D eigenvalue weighted by Gasteiger charge is 2.39. The number of carboxylic acid groups (broad SMARTS) is 1. The summed E-state index contributed by atoms with van der Waals surface area (Å²) < 4.78 is 21.8. The van der Waals surface area contributed by atoms with Crippen molar-refractivity contribution in [3.8, 4) is 17.6 Å².